The summed E-state index contributed by atoms with van der Waals surface area (Å²) < 4.78 is 1.85. The first-order valence-corrected chi connectivity index (χ1v) is 10.8. The molecule has 0 saturated heterocycles. The molecule has 1 aliphatic rings. The van der Waals surface area contributed by atoms with Crippen molar-refractivity contribution in [1.82, 2.24) is 14.9 Å². The lowest BCUT2D eigenvalue weighted by Crippen LogP contribution is -2.32. The second-order valence-electron chi connectivity index (χ2n) is 8.13. The van der Waals surface area contributed by atoms with Gasteiger partial charge < -0.3 is 5.32 Å². The number of imidazole rings is 1. The molecule has 1 unspecified atom stereocenters. The maximum absolute atomic E-state index is 13.1. The highest BCUT2D eigenvalue weighted by Crippen LogP contribution is 2.30. The zero-order valence-corrected chi connectivity index (χ0v) is 17.6. The van der Waals surface area contributed by atoms with Gasteiger partial charge in [0.1, 0.15) is 5.69 Å². The minimum Gasteiger partial charge on any atom is -0.344 e. The number of nitrogens with one attached hydrogen (secondary N) is 1. The van der Waals surface area contributed by atoms with Gasteiger partial charge in [-0.1, -0.05) is 60.7 Å². The highest BCUT2D eigenvalue weighted by atomic mass is 16.2. The second-order valence-corrected chi connectivity index (χ2v) is 8.13. The molecule has 4 nitrogen and oxygen atoms in total. The first kappa shape index (κ1) is 19.3. The minimum atomic E-state index is -0.0952. The van der Waals surface area contributed by atoms with E-state index in [0.717, 1.165) is 30.5 Å². The van der Waals surface area contributed by atoms with Gasteiger partial charge in [-0.05, 0) is 66.1 Å². The lowest BCUT2D eigenvalue weighted by Gasteiger charge is -2.26. The SMILES string of the molecule is Cc1ccccc1-c1ccc(-n2cncc2C(=O)NC2CCCc3ccccc32)cc1. The van der Waals surface area contributed by atoms with Crippen LogP contribution in [0.5, 0.6) is 0 Å². The van der Waals surface area contributed by atoms with Crippen LogP contribution < -0.4 is 5.32 Å². The van der Waals surface area contributed by atoms with Crippen molar-refractivity contribution in [2.45, 2.75) is 32.2 Å². The smallest absolute Gasteiger partial charge is 0.270 e. The van der Waals surface area contributed by atoms with Gasteiger partial charge in [-0.2, -0.15) is 0 Å². The van der Waals surface area contributed by atoms with Gasteiger partial charge in [-0.15, -0.1) is 0 Å². The molecule has 5 rings (SSSR count). The Morgan fingerprint density at radius 1 is 1.00 bits per heavy atom. The summed E-state index contributed by atoms with van der Waals surface area (Å²) in [6.45, 7) is 2.12. The summed E-state index contributed by atoms with van der Waals surface area (Å²) in [7, 11) is 0. The molecule has 1 aliphatic carbocycles. The molecule has 154 valence electrons. The molecule has 0 aliphatic heterocycles. The first-order valence-electron chi connectivity index (χ1n) is 10.8. The molecular weight excluding hydrogens is 382 g/mol. The number of rotatable bonds is 4. The number of hydrogen-bond donors (Lipinski definition) is 1. The van der Waals surface area contributed by atoms with Crippen LogP contribution in [0.1, 0.15) is 46.1 Å². The monoisotopic (exact) mass is 407 g/mol. The van der Waals surface area contributed by atoms with Crippen molar-refractivity contribution in [3.05, 3.63) is 108 Å². The van der Waals surface area contributed by atoms with Crippen LogP contribution in [-0.2, 0) is 6.42 Å². The molecule has 3 aromatic carbocycles. The van der Waals surface area contributed by atoms with E-state index in [2.05, 4.69) is 65.8 Å². The van der Waals surface area contributed by atoms with Crippen LogP contribution in [-0.4, -0.2) is 15.5 Å². The predicted molar refractivity (Wildman–Crippen MR) is 123 cm³/mol. The minimum absolute atomic E-state index is 0.0456. The molecular formula is C27H25N3O. The van der Waals surface area contributed by atoms with Gasteiger partial charge >= 0.3 is 0 Å². The average Bonchev–Trinajstić information content (AvgIpc) is 3.30. The third kappa shape index (κ3) is 3.77. The summed E-state index contributed by atoms with van der Waals surface area (Å²) in [6, 6.07) is 25.1. The van der Waals surface area contributed by atoms with E-state index in [1.54, 1.807) is 12.5 Å². The molecule has 1 N–H and O–H groups in total. The van der Waals surface area contributed by atoms with Gasteiger partial charge in [-0.25, -0.2) is 4.98 Å². The number of amides is 1. The highest BCUT2D eigenvalue weighted by molar-refractivity contribution is 5.93. The number of benzene rings is 3. The van der Waals surface area contributed by atoms with Crippen molar-refractivity contribution in [2.24, 2.45) is 0 Å². The summed E-state index contributed by atoms with van der Waals surface area (Å²) in [5, 5.41) is 3.23. The fraction of sp³-hybridized carbons (Fsp3) is 0.185. The lowest BCUT2D eigenvalue weighted by atomic mass is 9.88. The standard InChI is InChI=1S/C27H25N3O/c1-19-7-2-4-10-23(19)21-13-15-22(16-14-21)30-18-28-17-26(30)27(31)29-25-12-6-9-20-8-3-5-11-24(20)25/h2-5,7-8,10-11,13-18,25H,6,9,12H2,1H3,(H,29,31). The Kier molecular flexibility index (Phi) is 5.13. The van der Waals surface area contributed by atoms with Crippen LogP contribution in [0, 0.1) is 6.92 Å². The summed E-state index contributed by atoms with van der Waals surface area (Å²) in [5.41, 5.74) is 7.65. The van der Waals surface area contributed by atoms with Crippen LogP contribution in [0.15, 0.2) is 85.3 Å². The van der Waals surface area contributed by atoms with Gasteiger partial charge in [0.15, 0.2) is 0 Å². The van der Waals surface area contributed by atoms with Gasteiger partial charge in [-0.3, -0.25) is 9.36 Å². The Bertz CT molecular complexity index is 1220. The van der Waals surface area contributed by atoms with Crippen molar-refractivity contribution in [3.8, 4) is 16.8 Å². The molecule has 31 heavy (non-hydrogen) atoms. The summed E-state index contributed by atoms with van der Waals surface area (Å²) >= 11 is 0. The van der Waals surface area contributed by atoms with E-state index in [9.17, 15) is 4.79 Å². The Labute approximate surface area is 182 Å². The number of aromatic nitrogens is 2. The van der Waals surface area contributed by atoms with Crippen molar-refractivity contribution in [2.75, 3.05) is 0 Å². The van der Waals surface area contributed by atoms with Crippen molar-refractivity contribution >= 4 is 5.91 Å². The molecule has 1 amide bonds. The largest absolute Gasteiger partial charge is 0.344 e. The molecule has 1 heterocycles. The molecule has 0 spiro atoms. The van der Waals surface area contributed by atoms with Gasteiger partial charge in [0.25, 0.3) is 5.91 Å². The van der Waals surface area contributed by atoms with E-state index >= 15 is 0 Å². The number of fused-ring (bicyclic) bond motifs is 1. The van der Waals surface area contributed by atoms with Crippen LogP contribution in [0.25, 0.3) is 16.8 Å². The van der Waals surface area contributed by atoms with Gasteiger partial charge in [0.2, 0.25) is 0 Å². The van der Waals surface area contributed by atoms with Crippen LogP contribution in [0.4, 0.5) is 0 Å². The number of nitrogens with zero attached hydrogens (tertiary/aromatic N) is 2. The van der Waals surface area contributed by atoms with E-state index in [1.807, 2.05) is 28.8 Å². The second kappa shape index (κ2) is 8.23. The third-order valence-corrected chi connectivity index (χ3v) is 6.15. The quantitative estimate of drug-likeness (QED) is 0.475. The topological polar surface area (TPSA) is 46.9 Å². The Hall–Kier alpha value is -3.66. The van der Waals surface area contributed by atoms with E-state index in [4.69, 9.17) is 0 Å². The summed E-state index contributed by atoms with van der Waals surface area (Å²) in [6.07, 6.45) is 6.46. The van der Waals surface area contributed by atoms with Crippen molar-refractivity contribution < 1.29 is 4.79 Å². The maximum Gasteiger partial charge on any atom is 0.270 e. The maximum atomic E-state index is 13.1. The normalized spacial score (nSPS) is 15.3. The Balaban J connectivity index is 1.39. The number of carbonyl (C=O) groups excluding carboxylic acids is 1. The first-order chi connectivity index (χ1) is 15.2. The zero-order chi connectivity index (χ0) is 21.2. The highest BCUT2D eigenvalue weighted by Gasteiger charge is 2.23. The van der Waals surface area contributed by atoms with E-state index in [0.29, 0.717) is 5.69 Å². The Morgan fingerprint density at radius 2 is 1.77 bits per heavy atom. The average molecular weight is 408 g/mol. The zero-order valence-electron chi connectivity index (χ0n) is 17.6. The summed E-state index contributed by atoms with van der Waals surface area (Å²) in [5.74, 6) is -0.0952. The molecule has 0 fully saturated rings. The fourth-order valence-electron chi connectivity index (χ4n) is 4.50. The molecule has 4 heteroatoms. The van der Waals surface area contributed by atoms with E-state index < -0.39 is 0 Å². The van der Waals surface area contributed by atoms with E-state index in [-0.39, 0.29) is 11.9 Å². The number of aryl methyl sites for hydroxylation is 2. The van der Waals surface area contributed by atoms with Gasteiger partial charge in [0.05, 0.1) is 18.6 Å². The molecule has 1 aromatic heterocycles. The van der Waals surface area contributed by atoms with E-state index in [1.165, 1.54) is 22.3 Å². The summed E-state index contributed by atoms with van der Waals surface area (Å²) in [4.78, 5) is 17.4. The van der Waals surface area contributed by atoms with Crippen LogP contribution in [0.2, 0.25) is 0 Å². The fourth-order valence-corrected chi connectivity index (χ4v) is 4.50. The Morgan fingerprint density at radius 3 is 2.61 bits per heavy atom. The van der Waals surface area contributed by atoms with Crippen LogP contribution in [0.3, 0.4) is 0 Å². The van der Waals surface area contributed by atoms with Crippen LogP contribution >= 0.6 is 0 Å². The molecule has 1 atom stereocenters. The molecule has 0 bridgehead atoms. The van der Waals surface area contributed by atoms with Crippen molar-refractivity contribution in [1.29, 1.82) is 0 Å². The lowest BCUT2D eigenvalue weighted by molar-refractivity contribution is 0.0926. The predicted octanol–water partition coefficient (Wildman–Crippen LogP) is 5.66. The number of carbonyl (C=O) groups is 1. The van der Waals surface area contributed by atoms with Crippen molar-refractivity contribution in [3.63, 3.8) is 0 Å². The third-order valence-electron chi connectivity index (χ3n) is 6.15. The number of hydrogen-bond acceptors (Lipinski definition) is 2. The molecule has 4 aromatic rings. The van der Waals surface area contributed by atoms with Gasteiger partial charge in [0, 0.05) is 5.69 Å². The molecule has 0 radical (unpaired) electrons. The molecule has 0 saturated carbocycles.